The molecule has 0 aliphatic carbocycles. The average molecular weight is 337 g/mol. The summed E-state index contributed by atoms with van der Waals surface area (Å²) in [6.45, 7) is -2.07. The van der Waals surface area contributed by atoms with Gasteiger partial charge >= 0.3 is 17.9 Å². The summed E-state index contributed by atoms with van der Waals surface area (Å²) in [6, 6.07) is 1.09. The van der Waals surface area contributed by atoms with Gasteiger partial charge in [-0.3, -0.25) is 9.59 Å². The van der Waals surface area contributed by atoms with Crippen molar-refractivity contribution in [1.82, 2.24) is 4.31 Å². The molecule has 0 unspecified atom stereocenters. The van der Waals surface area contributed by atoms with Crippen LogP contribution >= 0.6 is 11.3 Å². The lowest BCUT2D eigenvalue weighted by atomic mass is 10.5. The van der Waals surface area contributed by atoms with Crippen LogP contribution in [0.4, 0.5) is 0 Å². The number of sulfonamides is 1. The third-order valence-corrected chi connectivity index (χ3v) is 5.10. The molecule has 0 bridgehead atoms. The van der Waals surface area contributed by atoms with E-state index in [1.807, 2.05) is 0 Å². The molecule has 1 aromatic heterocycles. The van der Waals surface area contributed by atoms with Gasteiger partial charge in [0.25, 0.3) is 0 Å². The first-order chi connectivity index (χ1) is 9.70. The predicted molar refractivity (Wildman–Crippen MR) is 69.7 cm³/mol. The fourth-order valence-corrected chi connectivity index (χ4v) is 4.06. The molecule has 0 atom stereocenters. The summed E-state index contributed by atoms with van der Waals surface area (Å²) >= 11 is 0.789. The van der Waals surface area contributed by atoms with Crippen LogP contribution in [0.1, 0.15) is 9.67 Å². The van der Waals surface area contributed by atoms with Crippen molar-refractivity contribution in [1.29, 1.82) is 0 Å². The normalized spacial score (nSPS) is 11.3. The van der Waals surface area contributed by atoms with Gasteiger partial charge in [0.1, 0.15) is 22.9 Å². The molecular weight excluding hydrogens is 326 g/mol. The second-order valence-electron chi connectivity index (χ2n) is 3.67. The zero-order valence-corrected chi connectivity index (χ0v) is 12.3. The van der Waals surface area contributed by atoms with E-state index in [0.717, 1.165) is 24.5 Å². The van der Waals surface area contributed by atoms with Crippen molar-refractivity contribution < 1.29 is 37.8 Å². The van der Waals surface area contributed by atoms with Gasteiger partial charge in [-0.2, -0.15) is 4.31 Å². The molecule has 0 aromatic carbocycles. The molecule has 0 saturated carbocycles. The maximum absolute atomic E-state index is 12.3. The minimum atomic E-state index is -4.45. The van der Waals surface area contributed by atoms with E-state index in [2.05, 4.69) is 4.74 Å². The van der Waals surface area contributed by atoms with Crippen LogP contribution in [0.3, 0.4) is 0 Å². The first-order valence-corrected chi connectivity index (χ1v) is 7.61. The SMILES string of the molecule is COC(=O)c1sccc1S(=O)(=O)N(CC(=O)O)CC(=O)O. The summed E-state index contributed by atoms with van der Waals surface area (Å²) in [5.74, 6) is -3.95. The average Bonchev–Trinajstić information content (AvgIpc) is 2.85. The van der Waals surface area contributed by atoms with Crippen molar-refractivity contribution in [2.45, 2.75) is 4.90 Å². The molecule has 11 heteroatoms. The van der Waals surface area contributed by atoms with E-state index in [1.165, 1.54) is 5.38 Å². The number of carbonyl (C=O) groups excluding carboxylic acids is 1. The van der Waals surface area contributed by atoms with Crippen LogP contribution in [0.15, 0.2) is 16.3 Å². The molecule has 1 rings (SSSR count). The molecule has 116 valence electrons. The highest BCUT2D eigenvalue weighted by Gasteiger charge is 2.33. The molecule has 21 heavy (non-hydrogen) atoms. The third-order valence-electron chi connectivity index (χ3n) is 2.24. The van der Waals surface area contributed by atoms with Gasteiger partial charge in [0, 0.05) is 0 Å². The van der Waals surface area contributed by atoms with Gasteiger partial charge in [0.05, 0.1) is 7.11 Å². The molecule has 0 fully saturated rings. The largest absolute Gasteiger partial charge is 0.480 e. The summed E-state index contributed by atoms with van der Waals surface area (Å²) < 4.78 is 29.3. The Bertz CT molecular complexity index is 646. The number of methoxy groups -OCH3 is 1. The van der Waals surface area contributed by atoms with Crippen LogP contribution in [0, 0.1) is 0 Å². The molecule has 0 saturated heterocycles. The molecule has 0 amide bonds. The highest BCUT2D eigenvalue weighted by Crippen LogP contribution is 2.25. The number of carbonyl (C=O) groups is 3. The van der Waals surface area contributed by atoms with Crippen molar-refractivity contribution in [2.24, 2.45) is 0 Å². The third kappa shape index (κ3) is 4.00. The van der Waals surface area contributed by atoms with E-state index in [9.17, 15) is 22.8 Å². The molecule has 2 N–H and O–H groups in total. The van der Waals surface area contributed by atoms with Gasteiger partial charge in [0.2, 0.25) is 10.0 Å². The zero-order chi connectivity index (χ0) is 16.2. The Hall–Kier alpha value is -1.98. The summed E-state index contributed by atoms with van der Waals surface area (Å²) in [6.07, 6.45) is 0. The lowest BCUT2D eigenvalue weighted by Crippen LogP contribution is -2.39. The Balaban J connectivity index is 3.29. The highest BCUT2D eigenvalue weighted by molar-refractivity contribution is 7.89. The fourth-order valence-electron chi connectivity index (χ4n) is 1.41. The van der Waals surface area contributed by atoms with Crippen LogP contribution in [-0.4, -0.2) is 61.0 Å². The quantitative estimate of drug-likeness (QED) is 0.646. The van der Waals surface area contributed by atoms with Crippen molar-refractivity contribution in [3.63, 3.8) is 0 Å². The Morgan fingerprint density at radius 2 is 1.76 bits per heavy atom. The van der Waals surface area contributed by atoms with Crippen LogP contribution in [-0.2, 0) is 24.3 Å². The van der Waals surface area contributed by atoms with E-state index in [0.29, 0.717) is 0 Å². The van der Waals surface area contributed by atoms with Gasteiger partial charge < -0.3 is 14.9 Å². The van der Waals surface area contributed by atoms with E-state index < -0.39 is 45.9 Å². The molecule has 0 aliphatic heterocycles. The molecule has 9 nitrogen and oxygen atoms in total. The zero-order valence-electron chi connectivity index (χ0n) is 10.7. The van der Waals surface area contributed by atoms with E-state index in [-0.39, 0.29) is 9.18 Å². The predicted octanol–water partition coefficient (Wildman–Crippen LogP) is -0.305. The molecule has 0 spiro atoms. The van der Waals surface area contributed by atoms with Crippen LogP contribution in [0.25, 0.3) is 0 Å². The monoisotopic (exact) mass is 337 g/mol. The number of esters is 1. The first-order valence-electron chi connectivity index (χ1n) is 5.29. The van der Waals surface area contributed by atoms with Crippen LogP contribution < -0.4 is 0 Å². The van der Waals surface area contributed by atoms with Gasteiger partial charge in [-0.05, 0) is 11.4 Å². The number of rotatable bonds is 7. The molecule has 1 heterocycles. The fraction of sp³-hybridized carbons (Fsp3) is 0.300. The number of hydrogen-bond acceptors (Lipinski definition) is 7. The molecule has 0 radical (unpaired) electrons. The summed E-state index contributed by atoms with van der Waals surface area (Å²) in [4.78, 5) is 32.1. The summed E-state index contributed by atoms with van der Waals surface area (Å²) in [7, 11) is -3.39. The van der Waals surface area contributed by atoms with Gasteiger partial charge in [-0.25, -0.2) is 13.2 Å². The van der Waals surface area contributed by atoms with Crippen molar-refractivity contribution in [3.05, 3.63) is 16.3 Å². The van der Waals surface area contributed by atoms with E-state index >= 15 is 0 Å². The van der Waals surface area contributed by atoms with Gasteiger partial charge in [-0.15, -0.1) is 11.3 Å². The molecule has 1 aromatic rings. The number of carboxylic acid groups (broad SMARTS) is 2. The number of carboxylic acids is 2. The van der Waals surface area contributed by atoms with Crippen LogP contribution in [0.2, 0.25) is 0 Å². The highest BCUT2D eigenvalue weighted by atomic mass is 32.2. The van der Waals surface area contributed by atoms with Gasteiger partial charge in [0.15, 0.2) is 0 Å². The topological polar surface area (TPSA) is 138 Å². The van der Waals surface area contributed by atoms with Gasteiger partial charge in [-0.1, -0.05) is 0 Å². The standard InChI is InChI=1S/C10H11NO8S2/c1-19-10(16)9-6(2-3-20-9)21(17,18)11(4-7(12)13)5-8(14)15/h2-3H,4-5H2,1H3,(H,12,13)(H,14,15). The number of ether oxygens (including phenoxy) is 1. The summed E-state index contributed by atoms with van der Waals surface area (Å²) in [5, 5.41) is 18.7. The lowest BCUT2D eigenvalue weighted by Gasteiger charge is -2.18. The smallest absolute Gasteiger partial charge is 0.349 e. The van der Waals surface area contributed by atoms with Crippen molar-refractivity contribution >= 4 is 39.3 Å². The molecular formula is C10H11NO8S2. The number of hydrogen-bond donors (Lipinski definition) is 2. The number of thiophene rings is 1. The maximum Gasteiger partial charge on any atom is 0.349 e. The van der Waals surface area contributed by atoms with E-state index in [4.69, 9.17) is 10.2 Å². The molecule has 0 aliphatic rings. The Morgan fingerprint density at radius 3 is 2.19 bits per heavy atom. The Kier molecular flexibility index (Phi) is 5.41. The van der Waals surface area contributed by atoms with Crippen molar-refractivity contribution in [3.8, 4) is 0 Å². The lowest BCUT2D eigenvalue weighted by molar-refractivity contribution is -0.139. The van der Waals surface area contributed by atoms with E-state index in [1.54, 1.807) is 0 Å². The summed E-state index contributed by atoms with van der Waals surface area (Å²) in [5.41, 5.74) is 0. The Labute approximate surface area is 123 Å². The Morgan fingerprint density at radius 1 is 1.24 bits per heavy atom. The first kappa shape index (κ1) is 17.1. The van der Waals surface area contributed by atoms with Crippen molar-refractivity contribution in [2.75, 3.05) is 20.2 Å². The number of nitrogens with zero attached hydrogens (tertiary/aromatic N) is 1. The second kappa shape index (κ2) is 6.65. The van der Waals surface area contributed by atoms with Crippen LogP contribution in [0.5, 0.6) is 0 Å². The minimum absolute atomic E-state index is 0.252. The second-order valence-corrected chi connectivity index (χ2v) is 6.49. The number of aliphatic carboxylic acids is 2. The maximum atomic E-state index is 12.3. The minimum Gasteiger partial charge on any atom is -0.480 e.